The molecule has 1 radical (unpaired) electrons. The molecule has 0 saturated heterocycles. The fourth-order valence-electron chi connectivity index (χ4n) is 0.754. The quantitative estimate of drug-likeness (QED) is 0.480. The third-order valence-electron chi connectivity index (χ3n) is 1.29. The van der Waals surface area contributed by atoms with Crippen molar-refractivity contribution in [3.63, 3.8) is 0 Å². The van der Waals surface area contributed by atoms with Crippen molar-refractivity contribution >= 4 is 17.3 Å². The van der Waals surface area contributed by atoms with Gasteiger partial charge in [-0.1, -0.05) is 11.6 Å². The molecule has 0 aromatic heterocycles. The highest BCUT2D eigenvalue weighted by molar-refractivity contribution is 6.30. The van der Waals surface area contributed by atoms with Crippen molar-refractivity contribution in [1.29, 1.82) is 0 Å². The summed E-state index contributed by atoms with van der Waals surface area (Å²) in [6.45, 7) is 1.64. The summed E-state index contributed by atoms with van der Waals surface area (Å²) in [5, 5.41) is 10.7. The second-order valence-corrected chi connectivity index (χ2v) is 2.51. The van der Waals surface area contributed by atoms with Crippen molar-refractivity contribution in [3.05, 3.63) is 38.9 Å². The van der Waals surface area contributed by atoms with E-state index < -0.39 is 4.92 Å². The number of nitro benzene ring substituents is 1. The molecule has 0 bridgehead atoms. The summed E-state index contributed by atoms with van der Waals surface area (Å²) < 4.78 is 0. The molecule has 1 aromatic carbocycles. The number of hydrogen-bond acceptors (Lipinski definition) is 2. The third kappa shape index (κ3) is 1.68. The highest BCUT2D eigenvalue weighted by Gasteiger charge is 2.08. The van der Waals surface area contributed by atoms with Gasteiger partial charge in [-0.05, 0) is 13.0 Å². The number of nitrogens with zero attached hydrogens (tertiary/aromatic N) is 1. The fraction of sp³-hybridized carbons (Fsp3) is 0.143. The molecule has 0 saturated carbocycles. The summed E-state index contributed by atoms with van der Waals surface area (Å²) in [7, 11) is 0. The van der Waals surface area contributed by atoms with Gasteiger partial charge in [0.05, 0.1) is 4.92 Å². The SMILES string of the molecule is Cc1cc(Cl)[c]cc1[N+](=O)[O-]. The molecule has 0 spiro atoms. The lowest BCUT2D eigenvalue weighted by Gasteiger charge is -1.94. The third-order valence-corrected chi connectivity index (χ3v) is 1.51. The van der Waals surface area contributed by atoms with E-state index in [0.29, 0.717) is 10.6 Å². The van der Waals surface area contributed by atoms with Crippen molar-refractivity contribution in [3.8, 4) is 0 Å². The Labute approximate surface area is 68.8 Å². The van der Waals surface area contributed by atoms with E-state index in [2.05, 4.69) is 6.07 Å². The van der Waals surface area contributed by atoms with E-state index in [1.54, 1.807) is 6.92 Å². The second kappa shape index (κ2) is 2.88. The molecular formula is C7H5ClNO2. The van der Waals surface area contributed by atoms with Gasteiger partial charge in [0.1, 0.15) is 0 Å². The molecule has 1 aromatic rings. The molecular weight excluding hydrogens is 166 g/mol. The number of nitro groups is 1. The van der Waals surface area contributed by atoms with Crippen LogP contribution in [0.1, 0.15) is 5.56 Å². The molecule has 4 heteroatoms. The van der Waals surface area contributed by atoms with Crippen LogP contribution in [-0.4, -0.2) is 4.92 Å². The van der Waals surface area contributed by atoms with Crippen LogP contribution in [0.25, 0.3) is 0 Å². The Hall–Kier alpha value is -1.09. The molecule has 0 atom stereocenters. The zero-order valence-electron chi connectivity index (χ0n) is 5.80. The average Bonchev–Trinajstić information content (AvgIpc) is 1.85. The van der Waals surface area contributed by atoms with E-state index in [9.17, 15) is 10.1 Å². The predicted octanol–water partition coefficient (Wildman–Crippen LogP) is 2.36. The number of aryl methyl sites for hydroxylation is 1. The van der Waals surface area contributed by atoms with Gasteiger partial charge >= 0.3 is 0 Å². The van der Waals surface area contributed by atoms with Gasteiger partial charge in [-0.15, -0.1) is 0 Å². The second-order valence-electron chi connectivity index (χ2n) is 2.11. The molecule has 0 aliphatic heterocycles. The fourth-order valence-corrected chi connectivity index (χ4v) is 0.972. The molecule has 0 fully saturated rings. The summed E-state index contributed by atoms with van der Waals surface area (Å²) in [4.78, 5) is 9.82. The van der Waals surface area contributed by atoms with Crippen molar-refractivity contribution in [2.75, 3.05) is 0 Å². The molecule has 57 valence electrons. The monoisotopic (exact) mass is 170 g/mol. The zero-order chi connectivity index (χ0) is 8.43. The first-order chi connectivity index (χ1) is 5.11. The molecule has 11 heavy (non-hydrogen) atoms. The minimum absolute atomic E-state index is 0.0504. The number of hydrogen-bond donors (Lipinski definition) is 0. The van der Waals surface area contributed by atoms with E-state index in [1.165, 1.54) is 12.1 Å². The smallest absolute Gasteiger partial charge is 0.258 e. The molecule has 0 amide bonds. The maximum Gasteiger partial charge on any atom is 0.273 e. The molecule has 0 unspecified atom stereocenters. The lowest BCUT2D eigenvalue weighted by atomic mass is 10.2. The Bertz CT molecular complexity index is 298. The first-order valence-corrected chi connectivity index (χ1v) is 3.31. The Morgan fingerprint density at radius 3 is 2.82 bits per heavy atom. The highest BCUT2D eigenvalue weighted by atomic mass is 35.5. The van der Waals surface area contributed by atoms with Gasteiger partial charge in [-0.25, -0.2) is 0 Å². The van der Waals surface area contributed by atoms with Crippen LogP contribution in [0.15, 0.2) is 12.1 Å². The molecule has 3 nitrogen and oxygen atoms in total. The van der Waals surface area contributed by atoms with Gasteiger partial charge in [0, 0.05) is 22.7 Å². The van der Waals surface area contributed by atoms with Crippen molar-refractivity contribution < 1.29 is 4.92 Å². The van der Waals surface area contributed by atoms with Gasteiger partial charge in [0.2, 0.25) is 0 Å². The largest absolute Gasteiger partial charge is 0.273 e. The van der Waals surface area contributed by atoms with E-state index in [4.69, 9.17) is 11.6 Å². The number of halogens is 1. The van der Waals surface area contributed by atoms with Gasteiger partial charge < -0.3 is 0 Å². The molecule has 0 heterocycles. The van der Waals surface area contributed by atoms with Gasteiger partial charge in [-0.2, -0.15) is 0 Å². The van der Waals surface area contributed by atoms with Crippen LogP contribution in [0.4, 0.5) is 5.69 Å². The lowest BCUT2D eigenvalue weighted by Crippen LogP contribution is -1.90. The van der Waals surface area contributed by atoms with Crippen LogP contribution in [0.3, 0.4) is 0 Å². The summed E-state index contributed by atoms with van der Waals surface area (Å²) >= 11 is 5.54. The van der Waals surface area contributed by atoms with Crippen LogP contribution in [0, 0.1) is 23.1 Å². The topological polar surface area (TPSA) is 43.1 Å². The van der Waals surface area contributed by atoms with Gasteiger partial charge in [-0.3, -0.25) is 10.1 Å². The molecule has 0 aliphatic rings. The average molecular weight is 171 g/mol. The highest BCUT2D eigenvalue weighted by Crippen LogP contribution is 2.20. The van der Waals surface area contributed by atoms with Crippen LogP contribution in [0.2, 0.25) is 5.02 Å². The maximum atomic E-state index is 10.3. The first-order valence-electron chi connectivity index (χ1n) is 2.93. The van der Waals surface area contributed by atoms with Crippen molar-refractivity contribution in [2.45, 2.75) is 6.92 Å². The van der Waals surface area contributed by atoms with Crippen LogP contribution < -0.4 is 0 Å². The molecule has 1 rings (SSSR count). The first kappa shape index (κ1) is 8.01. The summed E-state index contributed by atoms with van der Waals surface area (Å²) in [6.07, 6.45) is 0. The zero-order valence-corrected chi connectivity index (χ0v) is 6.55. The minimum Gasteiger partial charge on any atom is -0.258 e. The lowest BCUT2D eigenvalue weighted by molar-refractivity contribution is -0.385. The van der Waals surface area contributed by atoms with Gasteiger partial charge in [0.15, 0.2) is 0 Å². The van der Waals surface area contributed by atoms with Crippen molar-refractivity contribution in [1.82, 2.24) is 0 Å². The normalized spacial score (nSPS) is 9.64. The van der Waals surface area contributed by atoms with Gasteiger partial charge in [0.25, 0.3) is 5.69 Å². The summed E-state index contributed by atoms with van der Waals surface area (Å²) in [5.74, 6) is 0. The van der Waals surface area contributed by atoms with Crippen LogP contribution in [-0.2, 0) is 0 Å². The van der Waals surface area contributed by atoms with E-state index in [0.717, 1.165) is 0 Å². The summed E-state index contributed by atoms with van der Waals surface area (Å²) in [5.41, 5.74) is 0.605. The Kier molecular flexibility index (Phi) is 2.10. The van der Waals surface area contributed by atoms with Crippen LogP contribution >= 0.6 is 11.6 Å². The predicted molar refractivity (Wildman–Crippen MR) is 41.7 cm³/mol. The Balaban J connectivity index is 3.20. The Morgan fingerprint density at radius 1 is 1.73 bits per heavy atom. The van der Waals surface area contributed by atoms with E-state index >= 15 is 0 Å². The van der Waals surface area contributed by atoms with Crippen molar-refractivity contribution in [2.24, 2.45) is 0 Å². The molecule has 0 aliphatic carbocycles. The molecule has 0 N–H and O–H groups in total. The minimum atomic E-state index is -0.456. The standard InChI is InChI=1S/C7H5ClNO2/c1-5-4-6(8)2-3-7(5)9(10)11/h3-4H,1H3. The summed E-state index contributed by atoms with van der Waals surface area (Å²) in [6, 6.07) is 5.33. The van der Waals surface area contributed by atoms with E-state index in [1.807, 2.05) is 0 Å². The number of benzene rings is 1. The number of rotatable bonds is 1. The van der Waals surface area contributed by atoms with E-state index in [-0.39, 0.29) is 5.69 Å². The Morgan fingerprint density at radius 2 is 2.36 bits per heavy atom. The van der Waals surface area contributed by atoms with Crippen LogP contribution in [0.5, 0.6) is 0 Å². The maximum absolute atomic E-state index is 10.3.